The molecule has 20 heavy (non-hydrogen) atoms. The van der Waals surface area contributed by atoms with Crippen LogP contribution in [0.1, 0.15) is 31.7 Å². The SMILES string of the molecule is CCCC1CC1NC(=NCc1ccccc1)N(C)C.I. The first kappa shape index (κ1) is 17.3. The predicted octanol–water partition coefficient (Wildman–Crippen LogP) is 3.50. The van der Waals surface area contributed by atoms with E-state index in [1.165, 1.54) is 24.8 Å². The van der Waals surface area contributed by atoms with Gasteiger partial charge in [-0.05, 0) is 24.3 Å². The maximum atomic E-state index is 4.70. The molecule has 0 aromatic heterocycles. The third-order valence-corrected chi connectivity index (χ3v) is 3.57. The number of hydrogen-bond donors (Lipinski definition) is 1. The Balaban J connectivity index is 0.00000200. The maximum Gasteiger partial charge on any atom is 0.193 e. The van der Waals surface area contributed by atoms with Crippen LogP contribution in [0.4, 0.5) is 0 Å². The van der Waals surface area contributed by atoms with Crippen molar-refractivity contribution in [3.63, 3.8) is 0 Å². The van der Waals surface area contributed by atoms with E-state index in [0.29, 0.717) is 6.04 Å². The van der Waals surface area contributed by atoms with Gasteiger partial charge in [0.05, 0.1) is 6.54 Å². The first-order valence-electron chi connectivity index (χ1n) is 7.23. The second-order valence-electron chi connectivity index (χ2n) is 5.56. The summed E-state index contributed by atoms with van der Waals surface area (Å²) in [6, 6.07) is 11.0. The Kier molecular flexibility index (Phi) is 7.34. The molecule has 1 aliphatic rings. The van der Waals surface area contributed by atoms with Crippen LogP contribution in [0, 0.1) is 5.92 Å². The first-order valence-corrected chi connectivity index (χ1v) is 7.23. The van der Waals surface area contributed by atoms with Gasteiger partial charge in [0.1, 0.15) is 0 Å². The molecule has 2 atom stereocenters. The van der Waals surface area contributed by atoms with Crippen LogP contribution in [0.25, 0.3) is 0 Å². The van der Waals surface area contributed by atoms with Crippen LogP contribution < -0.4 is 5.32 Å². The maximum absolute atomic E-state index is 4.70. The van der Waals surface area contributed by atoms with Gasteiger partial charge in [0, 0.05) is 20.1 Å². The molecule has 3 nitrogen and oxygen atoms in total. The molecule has 0 heterocycles. The van der Waals surface area contributed by atoms with Crippen LogP contribution in [0.15, 0.2) is 35.3 Å². The summed E-state index contributed by atoms with van der Waals surface area (Å²) in [5.74, 6) is 1.86. The fraction of sp³-hybridized carbons (Fsp3) is 0.562. The largest absolute Gasteiger partial charge is 0.353 e. The molecule has 0 spiro atoms. The average Bonchev–Trinajstić information content (AvgIpc) is 3.14. The minimum Gasteiger partial charge on any atom is -0.353 e. The lowest BCUT2D eigenvalue weighted by Gasteiger charge is -2.17. The van der Waals surface area contributed by atoms with E-state index < -0.39 is 0 Å². The van der Waals surface area contributed by atoms with E-state index in [2.05, 4.69) is 41.4 Å². The van der Waals surface area contributed by atoms with E-state index >= 15 is 0 Å². The van der Waals surface area contributed by atoms with E-state index in [0.717, 1.165) is 18.4 Å². The molecule has 0 radical (unpaired) electrons. The van der Waals surface area contributed by atoms with Crippen molar-refractivity contribution < 1.29 is 0 Å². The second kappa shape index (κ2) is 8.49. The predicted molar refractivity (Wildman–Crippen MR) is 96.6 cm³/mol. The fourth-order valence-corrected chi connectivity index (χ4v) is 2.35. The van der Waals surface area contributed by atoms with Gasteiger partial charge in [-0.3, -0.25) is 0 Å². The summed E-state index contributed by atoms with van der Waals surface area (Å²) in [6.45, 7) is 3.00. The fourth-order valence-electron chi connectivity index (χ4n) is 2.35. The number of hydrogen-bond acceptors (Lipinski definition) is 1. The normalized spacial score (nSPS) is 21.1. The lowest BCUT2D eigenvalue weighted by molar-refractivity contribution is 0.564. The van der Waals surface area contributed by atoms with Crippen LogP contribution in [0.2, 0.25) is 0 Å². The smallest absolute Gasteiger partial charge is 0.193 e. The summed E-state index contributed by atoms with van der Waals surface area (Å²) in [5, 5.41) is 3.57. The highest BCUT2D eigenvalue weighted by Crippen LogP contribution is 2.34. The molecule has 0 saturated heterocycles. The van der Waals surface area contributed by atoms with Crippen molar-refractivity contribution in [2.45, 2.75) is 38.8 Å². The van der Waals surface area contributed by atoms with Gasteiger partial charge >= 0.3 is 0 Å². The number of guanidine groups is 1. The van der Waals surface area contributed by atoms with Gasteiger partial charge in [0.15, 0.2) is 5.96 Å². The molecule has 1 N–H and O–H groups in total. The number of rotatable bonds is 5. The van der Waals surface area contributed by atoms with E-state index in [1.807, 2.05) is 20.2 Å². The van der Waals surface area contributed by atoms with Crippen LogP contribution in [-0.2, 0) is 6.54 Å². The summed E-state index contributed by atoms with van der Waals surface area (Å²) in [5.41, 5.74) is 1.25. The quantitative estimate of drug-likeness (QED) is 0.476. The van der Waals surface area contributed by atoms with Gasteiger partial charge in [0.2, 0.25) is 0 Å². The van der Waals surface area contributed by atoms with Crippen LogP contribution in [-0.4, -0.2) is 31.0 Å². The molecule has 2 rings (SSSR count). The Morgan fingerprint density at radius 3 is 2.60 bits per heavy atom. The van der Waals surface area contributed by atoms with E-state index in [-0.39, 0.29) is 24.0 Å². The summed E-state index contributed by atoms with van der Waals surface area (Å²) < 4.78 is 0. The highest BCUT2D eigenvalue weighted by Gasteiger charge is 2.36. The topological polar surface area (TPSA) is 27.6 Å². The van der Waals surface area contributed by atoms with Gasteiger partial charge in [-0.25, -0.2) is 4.99 Å². The number of nitrogens with one attached hydrogen (secondary N) is 1. The van der Waals surface area contributed by atoms with Gasteiger partial charge in [-0.1, -0.05) is 43.7 Å². The summed E-state index contributed by atoms with van der Waals surface area (Å²) in [7, 11) is 4.10. The average molecular weight is 387 g/mol. The molecule has 1 aromatic carbocycles. The van der Waals surface area contributed by atoms with Crippen molar-refractivity contribution in [2.24, 2.45) is 10.9 Å². The zero-order valence-corrected chi connectivity index (χ0v) is 15.0. The number of benzene rings is 1. The monoisotopic (exact) mass is 387 g/mol. The Hall–Kier alpha value is -0.780. The molecule has 0 aliphatic heterocycles. The standard InChI is InChI=1S/C16H25N3.HI/c1-4-8-14-11-15(14)18-16(19(2)3)17-12-13-9-6-5-7-10-13;/h5-7,9-10,14-15H,4,8,11-12H2,1-3H3,(H,17,18);1H. The second-order valence-corrected chi connectivity index (χ2v) is 5.56. The van der Waals surface area contributed by atoms with E-state index in [9.17, 15) is 0 Å². The lowest BCUT2D eigenvalue weighted by atomic mass is 10.2. The molecule has 1 aliphatic carbocycles. The molecule has 112 valence electrons. The molecule has 1 aromatic rings. The molecule has 0 amide bonds. The third kappa shape index (κ3) is 5.31. The van der Waals surface area contributed by atoms with Crippen molar-refractivity contribution in [2.75, 3.05) is 14.1 Å². The highest BCUT2D eigenvalue weighted by molar-refractivity contribution is 14.0. The van der Waals surface area contributed by atoms with Crippen molar-refractivity contribution >= 4 is 29.9 Å². The third-order valence-electron chi connectivity index (χ3n) is 3.57. The number of aliphatic imine (C=N–C) groups is 1. The van der Waals surface area contributed by atoms with Crippen molar-refractivity contribution in [1.29, 1.82) is 0 Å². The van der Waals surface area contributed by atoms with Crippen molar-refractivity contribution in [3.05, 3.63) is 35.9 Å². The Morgan fingerprint density at radius 2 is 2.00 bits per heavy atom. The highest BCUT2D eigenvalue weighted by atomic mass is 127. The Bertz CT molecular complexity index is 417. The number of nitrogens with zero attached hydrogens (tertiary/aromatic N) is 2. The molecular formula is C16H26IN3. The first-order chi connectivity index (χ1) is 9.20. The minimum atomic E-state index is 0. The van der Waals surface area contributed by atoms with Crippen molar-refractivity contribution in [3.8, 4) is 0 Å². The molecule has 1 saturated carbocycles. The molecule has 2 unspecified atom stereocenters. The summed E-state index contributed by atoms with van der Waals surface area (Å²) in [6.07, 6.45) is 3.91. The van der Waals surface area contributed by atoms with Gasteiger partial charge in [-0.2, -0.15) is 0 Å². The van der Waals surface area contributed by atoms with Crippen LogP contribution >= 0.6 is 24.0 Å². The Morgan fingerprint density at radius 1 is 1.30 bits per heavy atom. The zero-order valence-electron chi connectivity index (χ0n) is 12.7. The summed E-state index contributed by atoms with van der Waals surface area (Å²) >= 11 is 0. The van der Waals surface area contributed by atoms with Crippen molar-refractivity contribution in [1.82, 2.24) is 10.2 Å². The van der Waals surface area contributed by atoms with Crippen LogP contribution in [0.5, 0.6) is 0 Å². The Labute approximate surface area is 139 Å². The molecule has 4 heteroatoms. The zero-order chi connectivity index (χ0) is 13.7. The van der Waals surface area contributed by atoms with E-state index in [4.69, 9.17) is 4.99 Å². The van der Waals surface area contributed by atoms with Gasteiger partial charge < -0.3 is 10.2 Å². The molecule has 1 fully saturated rings. The lowest BCUT2D eigenvalue weighted by Crippen LogP contribution is -2.38. The minimum absolute atomic E-state index is 0. The molecular weight excluding hydrogens is 361 g/mol. The van der Waals surface area contributed by atoms with Crippen LogP contribution in [0.3, 0.4) is 0 Å². The summed E-state index contributed by atoms with van der Waals surface area (Å²) in [4.78, 5) is 6.77. The number of halogens is 1. The van der Waals surface area contributed by atoms with Gasteiger partial charge in [-0.15, -0.1) is 24.0 Å². The molecule has 0 bridgehead atoms. The van der Waals surface area contributed by atoms with Gasteiger partial charge in [0.25, 0.3) is 0 Å². The van der Waals surface area contributed by atoms with E-state index in [1.54, 1.807) is 0 Å².